The molecule has 0 aliphatic rings. The minimum Gasteiger partial charge on any atom is -0.494 e. The van der Waals surface area contributed by atoms with Crippen LogP contribution in [0, 0.1) is 0 Å². The van der Waals surface area contributed by atoms with Gasteiger partial charge < -0.3 is 9.15 Å². The SMILES string of the molecule is COc1ccc(Cl)c2sc(N(Cc3ccco3)C(=O)/C=C/c3ccccc3Cl)nc12. The Morgan fingerprint density at radius 3 is 2.73 bits per heavy atom. The lowest BCUT2D eigenvalue weighted by molar-refractivity contribution is -0.114. The summed E-state index contributed by atoms with van der Waals surface area (Å²) in [7, 11) is 1.57. The van der Waals surface area contributed by atoms with Gasteiger partial charge in [0, 0.05) is 11.1 Å². The molecule has 0 fully saturated rings. The van der Waals surface area contributed by atoms with Crippen molar-refractivity contribution >= 4 is 61.9 Å². The largest absolute Gasteiger partial charge is 0.494 e. The molecule has 0 aliphatic heterocycles. The Morgan fingerprint density at radius 1 is 1.17 bits per heavy atom. The van der Waals surface area contributed by atoms with Gasteiger partial charge >= 0.3 is 0 Å². The smallest absolute Gasteiger partial charge is 0.253 e. The van der Waals surface area contributed by atoms with Gasteiger partial charge in [-0.25, -0.2) is 4.98 Å². The molecule has 4 rings (SSSR count). The number of ether oxygens (including phenoxy) is 1. The van der Waals surface area contributed by atoms with Crippen LogP contribution in [0.15, 0.2) is 65.3 Å². The summed E-state index contributed by atoms with van der Waals surface area (Å²) in [6.45, 7) is 0.221. The molecule has 4 aromatic rings. The first kappa shape index (κ1) is 20.5. The molecule has 0 bridgehead atoms. The van der Waals surface area contributed by atoms with Crippen LogP contribution in [0.5, 0.6) is 5.75 Å². The molecule has 0 spiro atoms. The Balaban J connectivity index is 1.73. The number of amides is 1. The number of benzene rings is 2. The first-order valence-corrected chi connectivity index (χ1v) is 10.5. The maximum absolute atomic E-state index is 13.1. The summed E-state index contributed by atoms with van der Waals surface area (Å²) >= 11 is 13.9. The molecular weight excluding hydrogens is 443 g/mol. The van der Waals surface area contributed by atoms with Crippen LogP contribution in [0.1, 0.15) is 11.3 Å². The molecule has 2 heterocycles. The van der Waals surface area contributed by atoms with Crippen LogP contribution in [0.25, 0.3) is 16.3 Å². The highest BCUT2D eigenvalue weighted by Crippen LogP contribution is 2.39. The molecule has 5 nitrogen and oxygen atoms in total. The zero-order chi connectivity index (χ0) is 21.1. The number of carbonyl (C=O) groups excluding carboxylic acids is 1. The third-order valence-corrected chi connectivity index (χ3v) is 6.25. The summed E-state index contributed by atoms with van der Waals surface area (Å²) in [4.78, 5) is 19.3. The van der Waals surface area contributed by atoms with Crippen LogP contribution in [0.3, 0.4) is 0 Å². The number of halogens is 2. The molecule has 8 heteroatoms. The van der Waals surface area contributed by atoms with Crippen LogP contribution in [-0.2, 0) is 11.3 Å². The molecule has 0 radical (unpaired) electrons. The fourth-order valence-electron chi connectivity index (χ4n) is 2.88. The van der Waals surface area contributed by atoms with Crippen molar-refractivity contribution < 1.29 is 13.9 Å². The number of carbonyl (C=O) groups is 1. The van der Waals surface area contributed by atoms with Gasteiger partial charge in [0.15, 0.2) is 5.13 Å². The maximum atomic E-state index is 13.1. The number of thiazole rings is 1. The summed E-state index contributed by atoms with van der Waals surface area (Å²) in [5, 5.41) is 1.60. The first-order valence-electron chi connectivity index (χ1n) is 8.96. The first-order chi connectivity index (χ1) is 14.6. The van der Waals surface area contributed by atoms with Crippen molar-refractivity contribution in [3.63, 3.8) is 0 Å². The second-order valence-electron chi connectivity index (χ2n) is 6.28. The molecule has 152 valence electrons. The van der Waals surface area contributed by atoms with E-state index in [0.29, 0.717) is 32.2 Å². The van der Waals surface area contributed by atoms with E-state index in [0.717, 1.165) is 10.3 Å². The van der Waals surface area contributed by atoms with Gasteiger partial charge in [-0.3, -0.25) is 9.69 Å². The van der Waals surface area contributed by atoms with E-state index >= 15 is 0 Å². The number of rotatable bonds is 6. The zero-order valence-electron chi connectivity index (χ0n) is 15.8. The lowest BCUT2D eigenvalue weighted by atomic mass is 10.2. The van der Waals surface area contributed by atoms with E-state index in [9.17, 15) is 4.79 Å². The summed E-state index contributed by atoms with van der Waals surface area (Å²) in [5.41, 5.74) is 1.36. The van der Waals surface area contributed by atoms with Crippen molar-refractivity contribution in [3.8, 4) is 5.75 Å². The molecule has 30 heavy (non-hydrogen) atoms. The number of methoxy groups -OCH3 is 1. The molecular formula is C22H16Cl2N2O3S. The van der Waals surface area contributed by atoms with Crippen molar-refractivity contribution in [2.75, 3.05) is 12.0 Å². The summed E-state index contributed by atoms with van der Waals surface area (Å²) in [5.74, 6) is 0.959. The van der Waals surface area contributed by atoms with Gasteiger partial charge in [-0.2, -0.15) is 0 Å². The standard InChI is InChI=1S/C22H16Cl2N2O3S/c1-28-18-10-9-17(24)21-20(18)25-22(30-21)26(13-15-6-4-12-29-15)19(27)11-8-14-5-2-3-7-16(14)23/h2-12H,13H2,1H3/b11-8+. The second kappa shape index (κ2) is 8.92. The predicted molar refractivity (Wildman–Crippen MR) is 122 cm³/mol. The van der Waals surface area contributed by atoms with E-state index in [2.05, 4.69) is 4.98 Å². The molecule has 2 aromatic carbocycles. The van der Waals surface area contributed by atoms with Crippen LogP contribution in [-0.4, -0.2) is 18.0 Å². The van der Waals surface area contributed by atoms with E-state index < -0.39 is 0 Å². The Hall–Kier alpha value is -2.80. The Morgan fingerprint density at radius 2 is 2.00 bits per heavy atom. The lowest BCUT2D eigenvalue weighted by Crippen LogP contribution is -2.28. The highest BCUT2D eigenvalue weighted by atomic mass is 35.5. The molecule has 0 atom stereocenters. The van der Waals surface area contributed by atoms with Crippen molar-refractivity contribution in [2.24, 2.45) is 0 Å². The van der Waals surface area contributed by atoms with Crippen molar-refractivity contribution in [2.45, 2.75) is 6.54 Å². The normalized spacial score (nSPS) is 11.3. The number of furan rings is 1. The maximum Gasteiger partial charge on any atom is 0.253 e. The monoisotopic (exact) mass is 458 g/mol. The van der Waals surface area contributed by atoms with E-state index in [4.69, 9.17) is 32.4 Å². The minimum absolute atomic E-state index is 0.221. The molecule has 0 saturated carbocycles. The quantitative estimate of drug-likeness (QED) is 0.311. The number of fused-ring (bicyclic) bond motifs is 1. The van der Waals surface area contributed by atoms with Crippen LogP contribution >= 0.6 is 34.5 Å². The number of hydrogen-bond donors (Lipinski definition) is 0. The van der Waals surface area contributed by atoms with Gasteiger partial charge in [0.2, 0.25) is 0 Å². The molecule has 0 aliphatic carbocycles. The van der Waals surface area contributed by atoms with Gasteiger partial charge in [-0.05, 0) is 42.0 Å². The zero-order valence-corrected chi connectivity index (χ0v) is 18.2. The van der Waals surface area contributed by atoms with Crippen LogP contribution < -0.4 is 9.64 Å². The van der Waals surface area contributed by atoms with Crippen LogP contribution in [0.4, 0.5) is 5.13 Å². The average Bonchev–Trinajstić information content (AvgIpc) is 3.42. The van der Waals surface area contributed by atoms with E-state index in [1.165, 1.54) is 22.3 Å². The molecule has 0 saturated heterocycles. The van der Waals surface area contributed by atoms with Crippen molar-refractivity contribution in [1.82, 2.24) is 4.98 Å². The fourth-order valence-corrected chi connectivity index (χ4v) is 4.34. The summed E-state index contributed by atoms with van der Waals surface area (Å²) in [6, 6.07) is 14.4. The van der Waals surface area contributed by atoms with Crippen LogP contribution in [0.2, 0.25) is 10.0 Å². The van der Waals surface area contributed by atoms with Gasteiger partial charge in [-0.15, -0.1) is 0 Å². The highest BCUT2D eigenvalue weighted by molar-refractivity contribution is 7.23. The fraction of sp³-hybridized carbons (Fsp3) is 0.0909. The topological polar surface area (TPSA) is 55.6 Å². The molecule has 1 amide bonds. The third-order valence-electron chi connectivity index (χ3n) is 4.37. The second-order valence-corrected chi connectivity index (χ2v) is 8.07. The van der Waals surface area contributed by atoms with Gasteiger partial charge in [0.05, 0.1) is 29.6 Å². The number of hydrogen-bond acceptors (Lipinski definition) is 5. The van der Waals surface area contributed by atoms with Gasteiger partial charge in [-0.1, -0.05) is 52.7 Å². The van der Waals surface area contributed by atoms with E-state index in [-0.39, 0.29) is 12.5 Å². The minimum atomic E-state index is -0.263. The van der Waals surface area contributed by atoms with E-state index in [1.807, 2.05) is 18.2 Å². The Bertz CT molecular complexity index is 1220. The van der Waals surface area contributed by atoms with Gasteiger partial charge in [0.25, 0.3) is 5.91 Å². The van der Waals surface area contributed by atoms with Crippen molar-refractivity contribution in [1.29, 1.82) is 0 Å². The average molecular weight is 459 g/mol. The molecule has 2 aromatic heterocycles. The summed E-state index contributed by atoms with van der Waals surface area (Å²) in [6.07, 6.45) is 4.71. The van der Waals surface area contributed by atoms with Gasteiger partial charge in [0.1, 0.15) is 17.0 Å². The summed E-state index contributed by atoms with van der Waals surface area (Å²) < 4.78 is 11.6. The van der Waals surface area contributed by atoms with Crippen molar-refractivity contribution in [3.05, 3.63) is 82.2 Å². The molecule has 0 N–H and O–H groups in total. The predicted octanol–water partition coefficient (Wildman–Crippen LogP) is 6.45. The Labute approximate surface area is 187 Å². The number of nitrogens with zero attached hydrogens (tertiary/aromatic N) is 2. The van der Waals surface area contributed by atoms with E-state index in [1.54, 1.807) is 49.8 Å². The molecule has 0 unspecified atom stereocenters. The lowest BCUT2D eigenvalue weighted by Gasteiger charge is -2.16. The number of aromatic nitrogens is 1. The number of anilines is 1. The highest BCUT2D eigenvalue weighted by Gasteiger charge is 2.22. The Kier molecular flexibility index (Phi) is 6.08. The third kappa shape index (κ3) is 4.21.